The third-order valence-electron chi connectivity index (χ3n) is 5.12. The molecule has 2 N–H and O–H groups in total. The monoisotopic (exact) mass is 404 g/mol. The minimum absolute atomic E-state index is 0.292. The molecule has 0 heterocycles. The van der Waals surface area contributed by atoms with Crippen LogP contribution >= 0.6 is 0 Å². The third kappa shape index (κ3) is 5.03. The van der Waals surface area contributed by atoms with E-state index in [1.165, 1.54) is 22.3 Å². The Labute approximate surface area is 177 Å². The Hall–Kier alpha value is -2.24. The van der Waals surface area contributed by atoms with E-state index in [1.54, 1.807) is 14.2 Å². The lowest BCUT2D eigenvalue weighted by Gasteiger charge is -2.31. The molecule has 1 aromatic rings. The van der Waals surface area contributed by atoms with Crippen molar-refractivity contribution >= 4 is 11.7 Å². The topological polar surface area (TPSA) is 67.2 Å². The van der Waals surface area contributed by atoms with Crippen LogP contribution in [-0.2, 0) is 16.1 Å². The van der Waals surface area contributed by atoms with Crippen LogP contribution in [0.1, 0.15) is 99.6 Å². The fourth-order valence-corrected chi connectivity index (χ4v) is 4.21. The van der Waals surface area contributed by atoms with E-state index in [-0.39, 0.29) is 0 Å². The van der Waals surface area contributed by atoms with Gasteiger partial charge in [-0.3, -0.25) is 0 Å². The van der Waals surface area contributed by atoms with Gasteiger partial charge in [-0.2, -0.15) is 0 Å². The van der Waals surface area contributed by atoms with Crippen LogP contribution in [0.2, 0.25) is 0 Å². The van der Waals surface area contributed by atoms with E-state index < -0.39 is 0 Å². The van der Waals surface area contributed by atoms with E-state index in [0.717, 1.165) is 29.2 Å². The smallest absolute Gasteiger partial charge is 0.173 e. The van der Waals surface area contributed by atoms with Gasteiger partial charge >= 0.3 is 0 Å². The molecule has 6 nitrogen and oxygen atoms in total. The summed E-state index contributed by atoms with van der Waals surface area (Å²) in [5, 5.41) is 15.2. The molecule has 0 bridgehead atoms. The van der Waals surface area contributed by atoms with Gasteiger partial charge in [-0.15, -0.1) is 0 Å². The Morgan fingerprint density at radius 3 is 1.41 bits per heavy atom. The van der Waals surface area contributed by atoms with Crippen molar-refractivity contribution in [2.45, 2.75) is 72.6 Å². The second kappa shape index (κ2) is 11.1. The molecule has 0 fully saturated rings. The van der Waals surface area contributed by atoms with Crippen molar-refractivity contribution in [2.24, 2.45) is 10.3 Å². The highest BCUT2D eigenvalue weighted by molar-refractivity contribution is 6.07. The number of benzene rings is 1. The maximum atomic E-state index is 5.20. The normalized spacial score (nSPS) is 12.8. The van der Waals surface area contributed by atoms with Gasteiger partial charge in [0, 0.05) is 25.2 Å². The van der Waals surface area contributed by atoms with Gasteiger partial charge in [0.25, 0.3) is 0 Å². The number of oxime groups is 2. The largest absolute Gasteiger partial charge is 0.397 e. The first kappa shape index (κ1) is 24.8. The first-order chi connectivity index (χ1) is 13.7. The van der Waals surface area contributed by atoms with Crippen molar-refractivity contribution in [3.05, 3.63) is 33.4 Å². The Morgan fingerprint density at radius 2 is 1.10 bits per heavy atom. The molecule has 1 rings (SSSR count). The van der Waals surface area contributed by atoms with Gasteiger partial charge < -0.3 is 20.3 Å². The van der Waals surface area contributed by atoms with Crippen molar-refractivity contribution < 1.29 is 9.68 Å². The first-order valence-corrected chi connectivity index (χ1v) is 10.5. The summed E-state index contributed by atoms with van der Waals surface area (Å²) in [6, 6.07) is 0. The second-order valence-corrected chi connectivity index (χ2v) is 8.03. The van der Waals surface area contributed by atoms with Gasteiger partial charge in [0.2, 0.25) is 0 Å². The van der Waals surface area contributed by atoms with Crippen LogP contribution in [0.3, 0.4) is 0 Å². The molecule has 0 aliphatic rings. The van der Waals surface area contributed by atoms with Crippen molar-refractivity contribution in [2.75, 3.05) is 28.3 Å². The quantitative estimate of drug-likeness (QED) is 0.375. The molecule has 0 aliphatic heterocycles. The summed E-state index contributed by atoms with van der Waals surface area (Å²) in [6.07, 6.45) is 0.877. The lowest BCUT2D eigenvalue weighted by atomic mass is 9.75. The van der Waals surface area contributed by atoms with Gasteiger partial charge in [0.05, 0.1) is 0 Å². The number of nitrogens with zero attached hydrogens (tertiary/aromatic N) is 2. The van der Waals surface area contributed by atoms with Crippen molar-refractivity contribution in [1.29, 1.82) is 0 Å². The number of hydrogen-bond donors (Lipinski definition) is 2. The summed E-state index contributed by atoms with van der Waals surface area (Å²) in [4.78, 5) is 10.4. The number of nitrogens with one attached hydrogen (secondary N) is 2. The standard InChI is InChI=1S/C23H40N4O2/c1-12-16-17(13(2)3)21(23(25-9)27-29-11)19(15(6)7)18(14(4)5)20(16)22(24-8)26-28-10/h13-15H,12H2,1-11H3,(H,24,26)(H,25,27). The van der Waals surface area contributed by atoms with Crippen molar-refractivity contribution in [3.63, 3.8) is 0 Å². The van der Waals surface area contributed by atoms with Crippen LogP contribution in [0.5, 0.6) is 0 Å². The van der Waals surface area contributed by atoms with Crippen LogP contribution < -0.4 is 10.6 Å². The molecule has 0 unspecified atom stereocenters. The molecule has 0 saturated carbocycles. The highest BCUT2D eigenvalue weighted by Crippen LogP contribution is 2.40. The molecular weight excluding hydrogens is 364 g/mol. The number of hydrogen-bond acceptors (Lipinski definition) is 4. The molecule has 0 atom stereocenters. The van der Waals surface area contributed by atoms with Crippen LogP contribution in [0.15, 0.2) is 10.3 Å². The highest BCUT2D eigenvalue weighted by Gasteiger charge is 2.31. The first-order valence-electron chi connectivity index (χ1n) is 10.5. The summed E-state index contributed by atoms with van der Waals surface area (Å²) < 4.78 is 0. The molecule has 29 heavy (non-hydrogen) atoms. The molecule has 0 aliphatic carbocycles. The van der Waals surface area contributed by atoms with Crippen molar-refractivity contribution in [1.82, 2.24) is 10.6 Å². The summed E-state index contributed by atoms with van der Waals surface area (Å²) in [5.74, 6) is 2.41. The second-order valence-electron chi connectivity index (χ2n) is 8.03. The lowest BCUT2D eigenvalue weighted by molar-refractivity contribution is 0.212. The SMILES string of the molecule is CCc1c(/C(=N/OC)NC)c(C(C)C)c(C(C)C)c(/C(=N/OC)NC)c1C(C)C. The van der Waals surface area contributed by atoms with Crippen LogP contribution in [0, 0.1) is 0 Å². The van der Waals surface area contributed by atoms with E-state index in [2.05, 4.69) is 69.4 Å². The Balaban J connectivity index is 4.40. The zero-order valence-electron chi connectivity index (χ0n) is 20.2. The average molecular weight is 405 g/mol. The number of rotatable bonds is 8. The average Bonchev–Trinajstić information content (AvgIpc) is 2.67. The molecule has 0 saturated heterocycles. The van der Waals surface area contributed by atoms with E-state index in [0.29, 0.717) is 17.8 Å². The minimum atomic E-state index is 0.292. The van der Waals surface area contributed by atoms with Gasteiger partial charge in [0.1, 0.15) is 14.2 Å². The van der Waals surface area contributed by atoms with Gasteiger partial charge in [-0.05, 0) is 46.4 Å². The lowest BCUT2D eigenvalue weighted by Crippen LogP contribution is -2.31. The molecule has 0 radical (unpaired) electrons. The highest BCUT2D eigenvalue weighted by atomic mass is 16.6. The zero-order chi connectivity index (χ0) is 22.3. The molecule has 0 aromatic heterocycles. The minimum Gasteiger partial charge on any atom is -0.397 e. The molecule has 6 heteroatoms. The van der Waals surface area contributed by atoms with E-state index in [4.69, 9.17) is 9.68 Å². The predicted molar refractivity (Wildman–Crippen MR) is 123 cm³/mol. The Bertz CT molecular complexity index is 750. The van der Waals surface area contributed by atoms with Crippen LogP contribution in [0.25, 0.3) is 0 Å². The summed E-state index contributed by atoms with van der Waals surface area (Å²) >= 11 is 0. The molecular formula is C23H40N4O2. The van der Waals surface area contributed by atoms with E-state index in [9.17, 15) is 0 Å². The fourth-order valence-electron chi connectivity index (χ4n) is 4.21. The van der Waals surface area contributed by atoms with E-state index in [1.807, 2.05) is 14.1 Å². The predicted octanol–water partition coefficient (Wildman–Crippen LogP) is 4.67. The molecule has 1 aromatic carbocycles. The van der Waals surface area contributed by atoms with Gasteiger partial charge in [-0.25, -0.2) is 0 Å². The Kier molecular flexibility index (Phi) is 9.47. The van der Waals surface area contributed by atoms with Crippen molar-refractivity contribution in [3.8, 4) is 0 Å². The molecule has 0 amide bonds. The van der Waals surface area contributed by atoms with E-state index >= 15 is 0 Å². The van der Waals surface area contributed by atoms with Crippen LogP contribution in [0.4, 0.5) is 0 Å². The Morgan fingerprint density at radius 1 is 0.724 bits per heavy atom. The van der Waals surface area contributed by atoms with Crippen LogP contribution in [-0.4, -0.2) is 40.0 Å². The fraction of sp³-hybridized carbons (Fsp3) is 0.652. The molecule has 164 valence electrons. The van der Waals surface area contributed by atoms with Gasteiger partial charge in [0.15, 0.2) is 11.7 Å². The third-order valence-corrected chi connectivity index (χ3v) is 5.12. The van der Waals surface area contributed by atoms with Gasteiger partial charge in [-0.1, -0.05) is 58.8 Å². The maximum absolute atomic E-state index is 5.20. The number of amidine groups is 2. The maximum Gasteiger partial charge on any atom is 0.173 e. The summed E-state index contributed by atoms with van der Waals surface area (Å²) in [7, 11) is 6.96. The summed E-state index contributed by atoms with van der Waals surface area (Å²) in [5.41, 5.74) is 7.40. The molecule has 0 spiro atoms. The summed E-state index contributed by atoms with van der Waals surface area (Å²) in [6.45, 7) is 15.6. The zero-order valence-corrected chi connectivity index (χ0v) is 20.2.